The first-order valence-electron chi connectivity index (χ1n) is 8.75. The maximum atomic E-state index is 12.1. The molecular weight excluding hydrogens is 280 g/mol. The number of methoxy groups -OCH3 is 1. The summed E-state index contributed by atoms with van der Waals surface area (Å²) in [5, 5.41) is 3.14. The average Bonchev–Trinajstić information content (AvgIpc) is 2.55. The lowest BCUT2D eigenvalue weighted by atomic mass is 9.86. The van der Waals surface area contributed by atoms with E-state index in [0.717, 1.165) is 38.3 Å². The van der Waals surface area contributed by atoms with Crippen molar-refractivity contribution in [2.45, 2.75) is 63.8 Å². The Hall–Kier alpha value is -1.10. The van der Waals surface area contributed by atoms with E-state index < -0.39 is 0 Å². The minimum atomic E-state index is 0.0459. The van der Waals surface area contributed by atoms with Gasteiger partial charge in [0, 0.05) is 32.7 Å². The maximum absolute atomic E-state index is 12.1. The van der Waals surface area contributed by atoms with Crippen molar-refractivity contribution in [1.82, 2.24) is 10.2 Å². The van der Waals surface area contributed by atoms with Gasteiger partial charge in [-0.2, -0.15) is 0 Å². The third kappa shape index (κ3) is 5.59. The number of piperidine rings is 1. The van der Waals surface area contributed by atoms with Crippen LogP contribution < -0.4 is 5.32 Å². The monoisotopic (exact) mass is 310 g/mol. The van der Waals surface area contributed by atoms with Crippen LogP contribution in [0.15, 0.2) is 0 Å². The van der Waals surface area contributed by atoms with Gasteiger partial charge < -0.3 is 15.0 Å². The van der Waals surface area contributed by atoms with Gasteiger partial charge in [-0.3, -0.25) is 9.59 Å². The topological polar surface area (TPSA) is 58.6 Å². The second-order valence-corrected chi connectivity index (χ2v) is 6.70. The molecule has 1 saturated heterocycles. The number of likely N-dealkylation sites (tertiary alicyclic amines) is 1. The van der Waals surface area contributed by atoms with Gasteiger partial charge in [-0.05, 0) is 25.2 Å². The lowest BCUT2D eigenvalue weighted by Gasteiger charge is -2.32. The first-order chi connectivity index (χ1) is 10.7. The Bertz CT molecular complexity index is 359. The summed E-state index contributed by atoms with van der Waals surface area (Å²) in [4.78, 5) is 25.6. The molecule has 5 nitrogen and oxygen atoms in total. The largest absolute Gasteiger partial charge is 0.375 e. The van der Waals surface area contributed by atoms with E-state index in [1.165, 1.54) is 39.2 Å². The van der Waals surface area contributed by atoms with Crippen molar-refractivity contribution in [2.24, 2.45) is 5.92 Å². The van der Waals surface area contributed by atoms with Gasteiger partial charge >= 0.3 is 0 Å². The summed E-state index contributed by atoms with van der Waals surface area (Å²) in [6.07, 6.45) is 10.0. The smallest absolute Gasteiger partial charge is 0.248 e. The summed E-state index contributed by atoms with van der Waals surface area (Å²) in [6.45, 7) is 1.59. The molecule has 1 aliphatic heterocycles. The average molecular weight is 310 g/mol. The fourth-order valence-electron chi connectivity index (χ4n) is 3.60. The van der Waals surface area contributed by atoms with Crippen molar-refractivity contribution >= 4 is 11.8 Å². The van der Waals surface area contributed by atoms with Crippen molar-refractivity contribution in [1.29, 1.82) is 0 Å². The number of carbonyl (C=O) groups is 2. The molecule has 0 aromatic carbocycles. The number of rotatable bonds is 6. The molecule has 1 aliphatic carbocycles. The van der Waals surface area contributed by atoms with Crippen molar-refractivity contribution in [3.63, 3.8) is 0 Å². The molecule has 22 heavy (non-hydrogen) atoms. The van der Waals surface area contributed by atoms with Crippen LogP contribution in [0.4, 0.5) is 0 Å². The zero-order chi connectivity index (χ0) is 15.8. The highest BCUT2D eigenvalue weighted by Gasteiger charge is 2.24. The first-order valence-corrected chi connectivity index (χ1v) is 8.75. The van der Waals surface area contributed by atoms with Crippen LogP contribution >= 0.6 is 0 Å². The van der Waals surface area contributed by atoms with Gasteiger partial charge in [0.05, 0.1) is 0 Å². The molecule has 0 aromatic heterocycles. The molecule has 0 aromatic rings. The van der Waals surface area contributed by atoms with Crippen LogP contribution in [0.3, 0.4) is 0 Å². The van der Waals surface area contributed by atoms with E-state index in [0.29, 0.717) is 6.42 Å². The van der Waals surface area contributed by atoms with Crippen LogP contribution in [0.2, 0.25) is 0 Å². The van der Waals surface area contributed by atoms with Crippen LogP contribution in [-0.2, 0) is 14.3 Å². The number of carbonyl (C=O) groups excluding carboxylic acids is 2. The summed E-state index contributed by atoms with van der Waals surface area (Å²) in [6, 6.07) is 0.227. The number of nitrogens with zero attached hydrogens (tertiary/aromatic N) is 1. The highest BCUT2D eigenvalue weighted by atomic mass is 16.5. The summed E-state index contributed by atoms with van der Waals surface area (Å²) in [5.41, 5.74) is 0. The molecule has 1 N–H and O–H groups in total. The number of hydrogen-bond donors (Lipinski definition) is 1. The number of hydrogen-bond acceptors (Lipinski definition) is 3. The van der Waals surface area contributed by atoms with E-state index in [1.807, 2.05) is 4.90 Å². The van der Waals surface area contributed by atoms with Gasteiger partial charge in [0.1, 0.15) is 6.61 Å². The molecule has 1 heterocycles. The van der Waals surface area contributed by atoms with Gasteiger partial charge in [0.15, 0.2) is 0 Å². The van der Waals surface area contributed by atoms with Gasteiger partial charge in [0.2, 0.25) is 11.8 Å². The summed E-state index contributed by atoms with van der Waals surface area (Å²) in [5.74, 6) is 0.991. The second kappa shape index (κ2) is 9.13. The molecule has 2 amide bonds. The third-order valence-electron chi connectivity index (χ3n) is 4.98. The predicted molar refractivity (Wildman–Crippen MR) is 85.4 cm³/mol. The van der Waals surface area contributed by atoms with Gasteiger partial charge in [0.25, 0.3) is 0 Å². The Balaban J connectivity index is 1.60. The SMILES string of the molecule is COCC(=O)N1CCC(NC(=O)CCC2CCCCC2)CC1. The van der Waals surface area contributed by atoms with E-state index in [4.69, 9.17) is 4.74 Å². The Morgan fingerprint density at radius 2 is 1.77 bits per heavy atom. The van der Waals surface area contributed by atoms with Gasteiger partial charge in [-0.25, -0.2) is 0 Å². The standard InChI is InChI=1S/C17H30N2O3/c1-22-13-17(21)19-11-9-15(10-12-19)18-16(20)8-7-14-5-3-2-4-6-14/h14-15H,2-13H2,1H3,(H,18,20). The lowest BCUT2D eigenvalue weighted by molar-refractivity contribution is -0.136. The molecule has 0 radical (unpaired) electrons. The Morgan fingerprint density at radius 3 is 2.41 bits per heavy atom. The number of nitrogens with one attached hydrogen (secondary N) is 1. The second-order valence-electron chi connectivity index (χ2n) is 6.70. The van der Waals surface area contributed by atoms with Crippen LogP contribution in [0.5, 0.6) is 0 Å². The first kappa shape index (κ1) is 17.3. The predicted octanol–water partition coefficient (Wildman–Crippen LogP) is 2.10. The van der Waals surface area contributed by atoms with E-state index in [-0.39, 0.29) is 24.5 Å². The minimum absolute atomic E-state index is 0.0459. The highest BCUT2D eigenvalue weighted by molar-refractivity contribution is 5.78. The molecule has 0 unspecified atom stereocenters. The summed E-state index contributed by atoms with van der Waals surface area (Å²) in [7, 11) is 1.54. The molecule has 2 fully saturated rings. The quantitative estimate of drug-likeness (QED) is 0.817. The lowest BCUT2D eigenvalue weighted by Crippen LogP contribution is -2.47. The molecule has 5 heteroatoms. The van der Waals surface area contributed by atoms with Gasteiger partial charge in [-0.15, -0.1) is 0 Å². The Kier molecular flexibility index (Phi) is 7.16. The van der Waals surface area contributed by atoms with Crippen LogP contribution in [-0.4, -0.2) is 49.6 Å². The maximum Gasteiger partial charge on any atom is 0.248 e. The van der Waals surface area contributed by atoms with Crippen LogP contribution in [0, 0.1) is 5.92 Å². The summed E-state index contributed by atoms with van der Waals surface area (Å²) < 4.78 is 4.88. The van der Waals surface area contributed by atoms with Crippen molar-refractivity contribution in [3.8, 4) is 0 Å². The fourth-order valence-corrected chi connectivity index (χ4v) is 3.60. The zero-order valence-corrected chi connectivity index (χ0v) is 13.8. The third-order valence-corrected chi connectivity index (χ3v) is 4.98. The fraction of sp³-hybridized carbons (Fsp3) is 0.882. The molecule has 2 aliphatic rings. The molecule has 0 atom stereocenters. The minimum Gasteiger partial charge on any atom is -0.375 e. The molecule has 0 spiro atoms. The molecular formula is C17H30N2O3. The molecule has 2 rings (SSSR count). The Labute approximate surface area is 133 Å². The van der Waals surface area contributed by atoms with Crippen LogP contribution in [0.1, 0.15) is 57.8 Å². The van der Waals surface area contributed by atoms with E-state index in [1.54, 1.807) is 0 Å². The number of amides is 2. The number of ether oxygens (including phenoxy) is 1. The Morgan fingerprint density at radius 1 is 1.09 bits per heavy atom. The van der Waals surface area contributed by atoms with E-state index in [9.17, 15) is 9.59 Å². The highest BCUT2D eigenvalue weighted by Crippen LogP contribution is 2.27. The zero-order valence-electron chi connectivity index (χ0n) is 13.8. The summed E-state index contributed by atoms with van der Waals surface area (Å²) >= 11 is 0. The van der Waals surface area contributed by atoms with E-state index >= 15 is 0 Å². The molecule has 126 valence electrons. The van der Waals surface area contributed by atoms with Crippen molar-refractivity contribution < 1.29 is 14.3 Å². The molecule has 0 bridgehead atoms. The van der Waals surface area contributed by atoms with Crippen molar-refractivity contribution in [3.05, 3.63) is 0 Å². The van der Waals surface area contributed by atoms with Crippen LogP contribution in [0.25, 0.3) is 0 Å². The van der Waals surface area contributed by atoms with E-state index in [2.05, 4.69) is 5.32 Å². The molecule has 1 saturated carbocycles. The normalized spacial score (nSPS) is 20.9. The van der Waals surface area contributed by atoms with Gasteiger partial charge in [-0.1, -0.05) is 32.1 Å². The van der Waals surface area contributed by atoms with Crippen molar-refractivity contribution in [2.75, 3.05) is 26.8 Å².